The molecular weight excluding hydrogens is 449 g/mol. The Balaban J connectivity index is 1.64. The number of benzene rings is 3. The van der Waals surface area contributed by atoms with E-state index in [1.165, 1.54) is 14.2 Å². The van der Waals surface area contributed by atoms with Gasteiger partial charge < -0.3 is 20.1 Å². The van der Waals surface area contributed by atoms with Gasteiger partial charge in [0.2, 0.25) is 5.95 Å². The number of hydrogen-bond donors (Lipinski definition) is 3. The third-order valence-electron chi connectivity index (χ3n) is 5.15. The molecule has 2 heterocycles. The van der Waals surface area contributed by atoms with Crippen molar-refractivity contribution in [3.8, 4) is 11.5 Å². The van der Waals surface area contributed by atoms with Gasteiger partial charge in [0, 0.05) is 34.7 Å². The fraction of sp³-hybridized carbons (Fsp3) is 0.0870. The molecule has 0 unspecified atom stereocenters. The van der Waals surface area contributed by atoms with Crippen LogP contribution in [-0.4, -0.2) is 34.4 Å². The lowest BCUT2D eigenvalue weighted by atomic mass is 10.2. The molecule has 34 heavy (non-hydrogen) atoms. The summed E-state index contributed by atoms with van der Waals surface area (Å²) in [5, 5.41) is 14.0. The van der Waals surface area contributed by atoms with E-state index in [0.29, 0.717) is 46.0 Å². The highest BCUT2D eigenvalue weighted by Crippen LogP contribution is 2.36. The van der Waals surface area contributed by atoms with Gasteiger partial charge in [0.05, 0.1) is 31.4 Å². The van der Waals surface area contributed by atoms with Gasteiger partial charge in [-0.3, -0.25) is 5.10 Å². The van der Waals surface area contributed by atoms with E-state index in [-0.39, 0.29) is 5.95 Å². The molecule has 0 aliphatic rings. The number of methoxy groups -OCH3 is 2. The van der Waals surface area contributed by atoms with Crippen LogP contribution in [0.5, 0.6) is 11.5 Å². The van der Waals surface area contributed by atoms with Crippen molar-refractivity contribution in [2.24, 2.45) is 0 Å². The van der Waals surface area contributed by atoms with E-state index in [0.717, 1.165) is 10.9 Å². The first-order chi connectivity index (χ1) is 16.4. The Morgan fingerprint density at radius 1 is 0.853 bits per heavy atom. The molecule has 0 saturated heterocycles. The van der Waals surface area contributed by atoms with Gasteiger partial charge in [0.25, 0.3) is 0 Å². The molecule has 3 N–H and O–H groups in total. The SMILES string of the molecule is COc1cc2nc(Nc3c(F)cc(F)cc3F)nc(Nc3ccc4[nH]ncc4c3)c2cc1OC. The maximum Gasteiger partial charge on any atom is 0.229 e. The van der Waals surface area contributed by atoms with Crippen LogP contribution in [0, 0.1) is 17.5 Å². The first kappa shape index (κ1) is 21.3. The Bertz CT molecular complexity index is 1520. The molecule has 2 aromatic heterocycles. The summed E-state index contributed by atoms with van der Waals surface area (Å²) in [6.07, 6.45) is 1.68. The fourth-order valence-electron chi connectivity index (χ4n) is 3.54. The molecule has 3 aromatic carbocycles. The number of aromatic amines is 1. The molecule has 0 atom stereocenters. The molecule has 5 rings (SSSR count). The summed E-state index contributed by atoms with van der Waals surface area (Å²) >= 11 is 0. The van der Waals surface area contributed by atoms with Crippen LogP contribution in [0.1, 0.15) is 0 Å². The molecule has 8 nitrogen and oxygen atoms in total. The van der Waals surface area contributed by atoms with Crippen LogP contribution >= 0.6 is 0 Å². The standard InChI is InChI=1S/C23H17F3N6O2/c1-33-19-8-14-18(9-20(19)34-2)29-23(30-21-15(25)6-12(24)7-16(21)26)31-22(14)28-13-3-4-17-11(5-13)10-27-32-17/h3-10H,1-2H3,(H,27,32)(H2,28,29,30,31). The van der Waals surface area contributed by atoms with Crippen LogP contribution in [0.2, 0.25) is 0 Å². The van der Waals surface area contributed by atoms with Gasteiger partial charge in [0.15, 0.2) is 23.1 Å². The molecule has 0 fully saturated rings. The van der Waals surface area contributed by atoms with Gasteiger partial charge in [-0.1, -0.05) is 0 Å². The van der Waals surface area contributed by atoms with E-state index >= 15 is 0 Å². The normalized spacial score (nSPS) is 11.1. The van der Waals surface area contributed by atoms with E-state index in [2.05, 4.69) is 30.8 Å². The average Bonchev–Trinajstić information content (AvgIpc) is 3.28. The van der Waals surface area contributed by atoms with E-state index in [9.17, 15) is 13.2 Å². The maximum atomic E-state index is 14.2. The van der Waals surface area contributed by atoms with Crippen molar-refractivity contribution in [1.82, 2.24) is 20.2 Å². The molecule has 0 amide bonds. The smallest absolute Gasteiger partial charge is 0.229 e. The molecule has 11 heteroatoms. The number of halogens is 3. The van der Waals surface area contributed by atoms with Gasteiger partial charge in [-0.2, -0.15) is 10.1 Å². The fourth-order valence-corrected chi connectivity index (χ4v) is 3.54. The number of anilines is 4. The Morgan fingerprint density at radius 3 is 2.32 bits per heavy atom. The number of fused-ring (bicyclic) bond motifs is 2. The highest BCUT2D eigenvalue weighted by atomic mass is 19.1. The Labute approximate surface area is 190 Å². The first-order valence-corrected chi connectivity index (χ1v) is 10.0. The molecule has 5 aromatic rings. The number of nitrogens with zero attached hydrogens (tertiary/aromatic N) is 3. The van der Waals surface area contributed by atoms with Crippen LogP contribution in [-0.2, 0) is 0 Å². The number of ether oxygens (including phenoxy) is 2. The van der Waals surface area contributed by atoms with Crippen LogP contribution in [0.4, 0.5) is 36.3 Å². The second kappa shape index (κ2) is 8.43. The monoisotopic (exact) mass is 466 g/mol. The lowest BCUT2D eigenvalue weighted by Crippen LogP contribution is -2.05. The van der Waals surface area contributed by atoms with E-state index < -0.39 is 23.1 Å². The van der Waals surface area contributed by atoms with Crippen molar-refractivity contribution in [3.63, 3.8) is 0 Å². The van der Waals surface area contributed by atoms with Crippen molar-refractivity contribution in [2.75, 3.05) is 24.9 Å². The summed E-state index contributed by atoms with van der Waals surface area (Å²) in [5.41, 5.74) is 1.37. The van der Waals surface area contributed by atoms with Crippen molar-refractivity contribution in [2.45, 2.75) is 0 Å². The summed E-state index contributed by atoms with van der Waals surface area (Å²) < 4.78 is 52.5. The lowest BCUT2D eigenvalue weighted by Gasteiger charge is -2.15. The van der Waals surface area contributed by atoms with Crippen molar-refractivity contribution < 1.29 is 22.6 Å². The topological polar surface area (TPSA) is 97.0 Å². The van der Waals surface area contributed by atoms with Gasteiger partial charge in [0.1, 0.15) is 17.3 Å². The quantitative estimate of drug-likeness (QED) is 0.307. The van der Waals surface area contributed by atoms with E-state index in [1.54, 1.807) is 18.3 Å². The van der Waals surface area contributed by atoms with Gasteiger partial charge in [-0.15, -0.1) is 0 Å². The molecule has 0 bridgehead atoms. The summed E-state index contributed by atoms with van der Waals surface area (Å²) in [6.45, 7) is 0. The lowest BCUT2D eigenvalue weighted by molar-refractivity contribution is 0.356. The number of rotatable bonds is 6. The minimum absolute atomic E-state index is 0.115. The zero-order valence-corrected chi connectivity index (χ0v) is 17.9. The Kier molecular flexibility index (Phi) is 5.28. The molecule has 0 spiro atoms. The van der Waals surface area contributed by atoms with Crippen LogP contribution < -0.4 is 20.1 Å². The number of aromatic nitrogens is 4. The molecule has 0 aliphatic heterocycles. The summed E-state index contributed by atoms with van der Waals surface area (Å²) in [6, 6.07) is 9.97. The minimum atomic E-state index is -1.12. The van der Waals surface area contributed by atoms with E-state index in [1.807, 2.05) is 18.2 Å². The second-order valence-electron chi connectivity index (χ2n) is 7.29. The number of nitrogens with one attached hydrogen (secondary N) is 3. The van der Waals surface area contributed by atoms with Crippen molar-refractivity contribution in [3.05, 3.63) is 66.1 Å². The van der Waals surface area contributed by atoms with Gasteiger partial charge in [-0.25, -0.2) is 18.2 Å². The molecule has 0 aliphatic carbocycles. The first-order valence-electron chi connectivity index (χ1n) is 10.0. The summed E-state index contributed by atoms with van der Waals surface area (Å²) in [7, 11) is 2.98. The third-order valence-corrected chi connectivity index (χ3v) is 5.15. The largest absolute Gasteiger partial charge is 0.493 e. The van der Waals surface area contributed by atoms with Crippen LogP contribution in [0.25, 0.3) is 21.8 Å². The Morgan fingerprint density at radius 2 is 1.59 bits per heavy atom. The summed E-state index contributed by atoms with van der Waals surface area (Å²) in [5.74, 6) is -2.20. The molecular formula is C23H17F3N6O2. The molecule has 0 saturated carbocycles. The van der Waals surface area contributed by atoms with Gasteiger partial charge >= 0.3 is 0 Å². The molecule has 172 valence electrons. The average molecular weight is 466 g/mol. The zero-order chi connectivity index (χ0) is 23.8. The van der Waals surface area contributed by atoms with Crippen LogP contribution in [0.3, 0.4) is 0 Å². The molecule has 0 radical (unpaired) electrons. The number of hydrogen-bond acceptors (Lipinski definition) is 7. The highest BCUT2D eigenvalue weighted by Gasteiger charge is 2.17. The van der Waals surface area contributed by atoms with Crippen molar-refractivity contribution in [1.29, 1.82) is 0 Å². The predicted octanol–water partition coefficient (Wildman–Crippen LogP) is 5.43. The summed E-state index contributed by atoms with van der Waals surface area (Å²) in [4.78, 5) is 8.78. The third kappa shape index (κ3) is 3.87. The minimum Gasteiger partial charge on any atom is -0.493 e. The Hall–Kier alpha value is -4.54. The predicted molar refractivity (Wildman–Crippen MR) is 122 cm³/mol. The highest BCUT2D eigenvalue weighted by molar-refractivity contribution is 5.95. The zero-order valence-electron chi connectivity index (χ0n) is 17.9. The number of H-pyrrole nitrogens is 1. The van der Waals surface area contributed by atoms with Crippen molar-refractivity contribution >= 4 is 44.9 Å². The van der Waals surface area contributed by atoms with Crippen LogP contribution in [0.15, 0.2) is 48.7 Å². The second-order valence-corrected chi connectivity index (χ2v) is 7.29. The van der Waals surface area contributed by atoms with E-state index in [4.69, 9.17) is 9.47 Å². The maximum absolute atomic E-state index is 14.2. The van der Waals surface area contributed by atoms with Gasteiger partial charge in [-0.05, 0) is 24.3 Å².